The number of ether oxygens (including phenoxy) is 1. The second-order valence-corrected chi connectivity index (χ2v) is 10.6. The lowest BCUT2D eigenvalue weighted by molar-refractivity contribution is -0.159. The van der Waals surface area contributed by atoms with Gasteiger partial charge in [-0.2, -0.15) is 0 Å². The lowest BCUT2D eigenvalue weighted by atomic mass is 10.0. The Kier molecular flexibility index (Phi) is 9.18. The number of anilines is 3. The van der Waals surface area contributed by atoms with Gasteiger partial charge in [0.2, 0.25) is 5.91 Å². The van der Waals surface area contributed by atoms with Gasteiger partial charge in [0.15, 0.2) is 0 Å². The molecular formula is C34H31N7O3. The van der Waals surface area contributed by atoms with E-state index in [1.807, 2.05) is 85.6 Å². The van der Waals surface area contributed by atoms with E-state index < -0.39 is 0 Å². The number of nitrogens with one attached hydrogen (secondary N) is 2. The van der Waals surface area contributed by atoms with Crippen LogP contribution in [0.1, 0.15) is 19.4 Å². The Labute approximate surface area is 255 Å². The number of nitrogens with zero attached hydrogens (tertiary/aromatic N) is 5. The Morgan fingerprint density at radius 1 is 1.02 bits per heavy atom. The molecule has 1 fully saturated rings. The van der Waals surface area contributed by atoms with Gasteiger partial charge in [0.1, 0.15) is 25.1 Å². The molecule has 1 aliphatic heterocycles. The van der Waals surface area contributed by atoms with Crippen LogP contribution in [0.2, 0.25) is 0 Å². The molecule has 0 aliphatic carbocycles. The van der Waals surface area contributed by atoms with Crippen molar-refractivity contribution in [3.8, 4) is 12.3 Å². The SMILES string of the molecule is C#Cc1cccc(Nc2ncnc3ccc(NC(=O)C=CCN4CC(=O)OCC4(C)C)cc23)c1.c1ccc2ncncc2c1. The van der Waals surface area contributed by atoms with Crippen molar-refractivity contribution in [2.24, 2.45) is 0 Å². The summed E-state index contributed by atoms with van der Waals surface area (Å²) in [7, 11) is 0. The number of terminal acetylenes is 1. The van der Waals surface area contributed by atoms with Gasteiger partial charge in [-0.15, -0.1) is 6.42 Å². The fourth-order valence-electron chi connectivity index (χ4n) is 4.53. The quantitative estimate of drug-likeness (QED) is 0.159. The highest BCUT2D eigenvalue weighted by molar-refractivity contribution is 6.01. The van der Waals surface area contributed by atoms with Crippen LogP contribution in [0.5, 0.6) is 0 Å². The van der Waals surface area contributed by atoms with Crippen LogP contribution in [0.15, 0.2) is 97.7 Å². The lowest BCUT2D eigenvalue weighted by Crippen LogP contribution is -2.54. The molecule has 1 aliphatic rings. The van der Waals surface area contributed by atoms with E-state index in [0.717, 1.165) is 33.1 Å². The van der Waals surface area contributed by atoms with E-state index in [1.54, 1.807) is 18.5 Å². The molecule has 10 heteroatoms. The van der Waals surface area contributed by atoms with Crippen LogP contribution in [0.25, 0.3) is 21.8 Å². The number of fused-ring (bicyclic) bond motifs is 2. The first-order chi connectivity index (χ1) is 21.3. The van der Waals surface area contributed by atoms with E-state index >= 15 is 0 Å². The summed E-state index contributed by atoms with van der Waals surface area (Å²) in [5.41, 5.74) is 3.62. The molecule has 2 N–H and O–H groups in total. The molecule has 44 heavy (non-hydrogen) atoms. The number of morpholine rings is 1. The van der Waals surface area contributed by atoms with Gasteiger partial charge in [-0.25, -0.2) is 19.9 Å². The van der Waals surface area contributed by atoms with Crippen molar-refractivity contribution < 1.29 is 14.3 Å². The van der Waals surface area contributed by atoms with Gasteiger partial charge < -0.3 is 15.4 Å². The first-order valence-corrected chi connectivity index (χ1v) is 13.9. The Bertz CT molecular complexity index is 1820. The number of amides is 1. The smallest absolute Gasteiger partial charge is 0.320 e. The molecule has 10 nitrogen and oxygen atoms in total. The predicted molar refractivity (Wildman–Crippen MR) is 171 cm³/mol. The number of carbonyl (C=O) groups excluding carboxylic acids is 2. The van der Waals surface area contributed by atoms with Crippen molar-refractivity contribution in [2.75, 3.05) is 30.3 Å². The zero-order chi connectivity index (χ0) is 30.9. The van der Waals surface area contributed by atoms with E-state index in [1.165, 1.54) is 12.4 Å². The molecule has 0 unspecified atom stereocenters. The summed E-state index contributed by atoms with van der Waals surface area (Å²) >= 11 is 0. The van der Waals surface area contributed by atoms with Crippen molar-refractivity contribution in [1.29, 1.82) is 0 Å². The molecule has 0 atom stereocenters. The third-order valence-electron chi connectivity index (χ3n) is 6.97. The topological polar surface area (TPSA) is 122 Å². The average molecular weight is 586 g/mol. The standard InChI is InChI=1S/C26H25N5O3.C8H6N2/c1-4-18-7-5-8-19(13-18)30-25-21-14-20(10-11-22(21)27-17-28-25)29-23(32)9-6-12-31-15-24(33)34-16-26(31,2)3;1-2-4-8-7(3-1)5-9-6-10-8/h1,5-11,13-14,17H,12,15-16H2,2-3H3,(H,29,32)(H,27,28,30);1-6H. The zero-order valence-corrected chi connectivity index (χ0v) is 24.4. The third kappa shape index (κ3) is 7.59. The predicted octanol–water partition coefficient (Wildman–Crippen LogP) is 5.12. The third-order valence-corrected chi connectivity index (χ3v) is 6.97. The molecule has 0 spiro atoms. The van der Waals surface area contributed by atoms with Gasteiger partial charge >= 0.3 is 5.97 Å². The number of aromatic nitrogens is 4. The Balaban J connectivity index is 0.000000322. The summed E-state index contributed by atoms with van der Waals surface area (Å²) in [6.45, 7) is 4.99. The second kappa shape index (κ2) is 13.5. The van der Waals surface area contributed by atoms with E-state index in [4.69, 9.17) is 11.2 Å². The number of cyclic esters (lactones) is 1. The Morgan fingerprint density at radius 3 is 2.70 bits per heavy atom. The molecular weight excluding hydrogens is 554 g/mol. The van der Waals surface area contributed by atoms with Crippen molar-refractivity contribution in [1.82, 2.24) is 24.8 Å². The van der Waals surface area contributed by atoms with Gasteiger partial charge in [0, 0.05) is 46.5 Å². The minimum absolute atomic E-state index is 0.198. The largest absolute Gasteiger partial charge is 0.463 e. The Morgan fingerprint density at radius 2 is 1.86 bits per heavy atom. The number of hydrogen-bond donors (Lipinski definition) is 2. The van der Waals surface area contributed by atoms with E-state index in [0.29, 0.717) is 24.7 Å². The number of hydrogen-bond acceptors (Lipinski definition) is 9. The van der Waals surface area contributed by atoms with Gasteiger partial charge in [0.25, 0.3) is 0 Å². The maximum Gasteiger partial charge on any atom is 0.320 e. The van der Waals surface area contributed by atoms with Crippen LogP contribution in [-0.2, 0) is 14.3 Å². The molecule has 0 radical (unpaired) electrons. The van der Waals surface area contributed by atoms with Gasteiger partial charge in [-0.3, -0.25) is 14.5 Å². The van der Waals surface area contributed by atoms with Crippen molar-refractivity contribution in [3.63, 3.8) is 0 Å². The monoisotopic (exact) mass is 585 g/mol. The fourth-order valence-corrected chi connectivity index (χ4v) is 4.53. The highest BCUT2D eigenvalue weighted by atomic mass is 16.5. The maximum atomic E-state index is 12.5. The molecule has 220 valence electrons. The van der Waals surface area contributed by atoms with Gasteiger partial charge in [-0.05, 0) is 56.3 Å². The second-order valence-electron chi connectivity index (χ2n) is 10.6. The van der Waals surface area contributed by atoms with E-state index in [-0.39, 0.29) is 24.0 Å². The first-order valence-electron chi connectivity index (χ1n) is 13.9. The van der Waals surface area contributed by atoms with Crippen LogP contribution < -0.4 is 10.6 Å². The van der Waals surface area contributed by atoms with Crippen molar-refractivity contribution >= 4 is 50.9 Å². The normalized spacial score (nSPS) is 14.3. The number of para-hydroxylation sites is 1. The average Bonchev–Trinajstić information content (AvgIpc) is 3.03. The molecule has 3 heterocycles. The number of esters is 1. The summed E-state index contributed by atoms with van der Waals surface area (Å²) in [6.07, 6.45) is 13.5. The summed E-state index contributed by atoms with van der Waals surface area (Å²) in [4.78, 5) is 42.7. The molecule has 5 aromatic rings. The molecule has 2 aromatic heterocycles. The van der Waals surface area contributed by atoms with Gasteiger partial charge in [-0.1, -0.05) is 36.3 Å². The fraction of sp³-hybridized carbons (Fsp3) is 0.176. The van der Waals surface area contributed by atoms with Crippen LogP contribution in [-0.4, -0.2) is 61.9 Å². The minimum Gasteiger partial charge on any atom is -0.463 e. The van der Waals surface area contributed by atoms with Gasteiger partial charge in [0.05, 0.1) is 23.1 Å². The number of carbonyl (C=O) groups is 2. The summed E-state index contributed by atoms with van der Waals surface area (Å²) < 4.78 is 5.12. The summed E-state index contributed by atoms with van der Waals surface area (Å²) in [6, 6.07) is 20.8. The van der Waals surface area contributed by atoms with Crippen LogP contribution in [0.3, 0.4) is 0 Å². The minimum atomic E-state index is -0.282. The molecule has 1 saturated heterocycles. The molecule has 0 saturated carbocycles. The molecule has 1 amide bonds. The molecule has 3 aromatic carbocycles. The highest BCUT2D eigenvalue weighted by Gasteiger charge is 2.33. The van der Waals surface area contributed by atoms with Crippen LogP contribution >= 0.6 is 0 Å². The summed E-state index contributed by atoms with van der Waals surface area (Å²) in [5.74, 6) is 2.68. The van der Waals surface area contributed by atoms with Crippen molar-refractivity contribution in [3.05, 3.63) is 103 Å². The zero-order valence-electron chi connectivity index (χ0n) is 24.4. The molecule has 0 bridgehead atoms. The highest BCUT2D eigenvalue weighted by Crippen LogP contribution is 2.26. The van der Waals surface area contributed by atoms with E-state index in [2.05, 4.69) is 36.5 Å². The first kappa shape index (κ1) is 29.8. The number of rotatable bonds is 6. The maximum absolute atomic E-state index is 12.5. The molecule has 6 rings (SSSR count). The Hall–Kier alpha value is -5.66. The van der Waals surface area contributed by atoms with E-state index in [9.17, 15) is 9.59 Å². The lowest BCUT2D eigenvalue weighted by Gasteiger charge is -2.40. The number of benzene rings is 3. The summed E-state index contributed by atoms with van der Waals surface area (Å²) in [5, 5.41) is 7.97. The van der Waals surface area contributed by atoms with Crippen LogP contribution in [0, 0.1) is 12.3 Å². The van der Waals surface area contributed by atoms with Crippen molar-refractivity contribution in [2.45, 2.75) is 19.4 Å². The van der Waals surface area contributed by atoms with Crippen LogP contribution in [0.4, 0.5) is 17.2 Å².